The second-order valence-electron chi connectivity index (χ2n) is 3.41. The Balaban J connectivity index is 2.32. The summed E-state index contributed by atoms with van der Waals surface area (Å²) in [5, 5.41) is 9.61. The van der Waals surface area contributed by atoms with E-state index in [1.54, 1.807) is 36.4 Å². The van der Waals surface area contributed by atoms with Crippen molar-refractivity contribution < 1.29 is 4.74 Å². The third-order valence-electron chi connectivity index (χ3n) is 2.20. The van der Waals surface area contributed by atoms with Crippen molar-refractivity contribution in [3.63, 3.8) is 0 Å². The van der Waals surface area contributed by atoms with Gasteiger partial charge in [-0.15, -0.1) is 0 Å². The zero-order valence-electron chi connectivity index (χ0n) is 8.95. The fourth-order valence-corrected chi connectivity index (χ4v) is 2.12. The maximum Gasteiger partial charge on any atom is 0.147 e. The fourth-order valence-electron chi connectivity index (χ4n) is 1.34. The Morgan fingerprint density at radius 3 is 2.61 bits per heavy atom. The molecule has 0 saturated carbocycles. The molecule has 0 unspecified atom stereocenters. The molecule has 5 heteroatoms. The van der Waals surface area contributed by atoms with E-state index < -0.39 is 0 Å². The van der Waals surface area contributed by atoms with Gasteiger partial charge in [0.05, 0.1) is 10.6 Å². The zero-order valence-corrected chi connectivity index (χ0v) is 12.1. The van der Waals surface area contributed by atoms with Gasteiger partial charge in [0.15, 0.2) is 0 Å². The van der Waals surface area contributed by atoms with Crippen molar-refractivity contribution in [3.05, 3.63) is 56.5 Å². The van der Waals surface area contributed by atoms with Crippen molar-refractivity contribution in [2.45, 2.75) is 0 Å². The minimum Gasteiger partial charge on any atom is -0.456 e. The van der Waals surface area contributed by atoms with Gasteiger partial charge in [-0.2, -0.15) is 5.26 Å². The van der Waals surface area contributed by atoms with Gasteiger partial charge in [-0.1, -0.05) is 29.3 Å². The molecule has 0 atom stereocenters. The molecule has 0 spiro atoms. The van der Waals surface area contributed by atoms with E-state index in [0.29, 0.717) is 31.6 Å². The predicted molar refractivity (Wildman–Crippen MR) is 75.4 cm³/mol. The van der Waals surface area contributed by atoms with E-state index in [0.717, 1.165) is 0 Å². The summed E-state index contributed by atoms with van der Waals surface area (Å²) in [6.45, 7) is 0. The topological polar surface area (TPSA) is 33.0 Å². The molecule has 0 aliphatic heterocycles. The van der Waals surface area contributed by atoms with Gasteiger partial charge in [0.25, 0.3) is 0 Å². The number of nitriles is 1. The van der Waals surface area contributed by atoms with Crippen LogP contribution in [0.15, 0.2) is 40.9 Å². The van der Waals surface area contributed by atoms with Gasteiger partial charge in [0, 0.05) is 4.47 Å². The third kappa shape index (κ3) is 2.78. The SMILES string of the molecule is N#Cc1ccc(Oc2cccc(Cl)c2Cl)cc1Br. The van der Waals surface area contributed by atoms with Gasteiger partial charge >= 0.3 is 0 Å². The quantitative estimate of drug-likeness (QED) is 0.730. The van der Waals surface area contributed by atoms with Gasteiger partial charge in [-0.25, -0.2) is 0 Å². The van der Waals surface area contributed by atoms with Crippen molar-refractivity contribution in [2.75, 3.05) is 0 Å². The zero-order chi connectivity index (χ0) is 13.1. The van der Waals surface area contributed by atoms with Crippen molar-refractivity contribution >= 4 is 39.1 Å². The van der Waals surface area contributed by atoms with Crippen LogP contribution in [0.2, 0.25) is 10.0 Å². The first kappa shape index (κ1) is 13.2. The van der Waals surface area contributed by atoms with Gasteiger partial charge in [-0.3, -0.25) is 0 Å². The summed E-state index contributed by atoms with van der Waals surface area (Å²) < 4.78 is 6.28. The first-order chi connectivity index (χ1) is 8.61. The van der Waals surface area contributed by atoms with Crippen LogP contribution in [0.1, 0.15) is 5.56 Å². The first-order valence-electron chi connectivity index (χ1n) is 4.93. The molecule has 2 rings (SSSR count). The van der Waals surface area contributed by atoms with Crippen LogP contribution in [-0.2, 0) is 0 Å². The molecule has 18 heavy (non-hydrogen) atoms. The normalized spacial score (nSPS) is 9.89. The van der Waals surface area contributed by atoms with E-state index >= 15 is 0 Å². The molecule has 0 amide bonds. The van der Waals surface area contributed by atoms with E-state index in [4.69, 9.17) is 33.2 Å². The van der Waals surface area contributed by atoms with Crippen LogP contribution < -0.4 is 4.74 Å². The Labute approximate surface area is 123 Å². The second kappa shape index (κ2) is 5.62. The monoisotopic (exact) mass is 341 g/mol. The molecule has 0 saturated heterocycles. The van der Waals surface area contributed by atoms with Gasteiger partial charge < -0.3 is 4.74 Å². The summed E-state index contributed by atoms with van der Waals surface area (Å²) in [5.41, 5.74) is 0.541. The van der Waals surface area contributed by atoms with Crippen LogP contribution in [0.25, 0.3) is 0 Å². The van der Waals surface area contributed by atoms with Crippen LogP contribution in [0.5, 0.6) is 11.5 Å². The average Bonchev–Trinajstić information content (AvgIpc) is 2.35. The Kier molecular flexibility index (Phi) is 4.13. The van der Waals surface area contributed by atoms with Crippen molar-refractivity contribution in [1.29, 1.82) is 5.26 Å². The Morgan fingerprint density at radius 1 is 1.17 bits per heavy atom. The molecule has 0 fully saturated rings. The molecule has 0 aromatic heterocycles. The van der Waals surface area contributed by atoms with Gasteiger partial charge in [0.1, 0.15) is 22.6 Å². The van der Waals surface area contributed by atoms with Crippen LogP contribution in [-0.4, -0.2) is 0 Å². The number of nitrogens with zero attached hydrogens (tertiary/aromatic N) is 1. The van der Waals surface area contributed by atoms with E-state index in [-0.39, 0.29) is 0 Å². The minimum absolute atomic E-state index is 0.361. The lowest BCUT2D eigenvalue weighted by atomic mass is 10.2. The summed E-state index contributed by atoms with van der Waals surface area (Å²) in [6.07, 6.45) is 0. The maximum atomic E-state index is 8.82. The maximum absolute atomic E-state index is 8.82. The molecule has 0 radical (unpaired) electrons. The smallest absolute Gasteiger partial charge is 0.147 e. The Bertz CT molecular complexity index is 637. The third-order valence-corrected chi connectivity index (χ3v) is 3.66. The van der Waals surface area contributed by atoms with E-state index in [9.17, 15) is 0 Å². The van der Waals surface area contributed by atoms with E-state index in [1.165, 1.54) is 0 Å². The Morgan fingerprint density at radius 2 is 1.94 bits per heavy atom. The lowest BCUT2D eigenvalue weighted by Crippen LogP contribution is -1.87. The average molecular weight is 343 g/mol. The molecule has 0 aliphatic carbocycles. The van der Waals surface area contributed by atoms with E-state index in [1.807, 2.05) is 0 Å². The highest BCUT2D eigenvalue weighted by molar-refractivity contribution is 9.10. The molecule has 2 aromatic carbocycles. The standard InChI is InChI=1S/C13H6BrCl2NO/c14-10-6-9(5-4-8(10)7-17)18-12-3-1-2-11(15)13(12)16/h1-6H. The van der Waals surface area contributed by atoms with Crippen LogP contribution in [0.4, 0.5) is 0 Å². The molecule has 0 aliphatic rings. The van der Waals surface area contributed by atoms with Gasteiger partial charge in [-0.05, 0) is 46.3 Å². The van der Waals surface area contributed by atoms with Crippen LogP contribution in [0.3, 0.4) is 0 Å². The second-order valence-corrected chi connectivity index (χ2v) is 5.05. The number of halogens is 3. The number of hydrogen-bond acceptors (Lipinski definition) is 2. The Hall–Kier alpha value is -1.21. The lowest BCUT2D eigenvalue weighted by Gasteiger charge is -2.09. The molecule has 2 aromatic rings. The van der Waals surface area contributed by atoms with E-state index in [2.05, 4.69) is 22.0 Å². The lowest BCUT2D eigenvalue weighted by molar-refractivity contribution is 0.482. The van der Waals surface area contributed by atoms with Crippen molar-refractivity contribution in [2.24, 2.45) is 0 Å². The summed E-state index contributed by atoms with van der Waals surface area (Å²) in [7, 11) is 0. The van der Waals surface area contributed by atoms with Crippen molar-refractivity contribution in [1.82, 2.24) is 0 Å². The molecule has 0 heterocycles. The highest BCUT2D eigenvalue weighted by atomic mass is 79.9. The number of benzene rings is 2. The summed E-state index contributed by atoms with van der Waals surface area (Å²) in [4.78, 5) is 0. The number of hydrogen-bond donors (Lipinski definition) is 0. The molecular formula is C13H6BrCl2NO. The minimum atomic E-state index is 0.361. The highest BCUT2D eigenvalue weighted by Gasteiger charge is 2.08. The summed E-state index contributed by atoms with van der Waals surface area (Å²) in [5.74, 6) is 1.05. The molecule has 0 N–H and O–H groups in total. The molecule has 0 bridgehead atoms. The first-order valence-corrected chi connectivity index (χ1v) is 6.48. The number of ether oxygens (including phenoxy) is 1. The number of rotatable bonds is 2. The highest BCUT2D eigenvalue weighted by Crippen LogP contribution is 2.35. The van der Waals surface area contributed by atoms with Crippen LogP contribution in [0, 0.1) is 11.3 Å². The van der Waals surface area contributed by atoms with Crippen molar-refractivity contribution in [3.8, 4) is 17.6 Å². The molecular weight excluding hydrogens is 337 g/mol. The molecule has 2 nitrogen and oxygen atoms in total. The molecule has 90 valence electrons. The van der Waals surface area contributed by atoms with Crippen LogP contribution >= 0.6 is 39.1 Å². The summed E-state index contributed by atoms with van der Waals surface area (Å²) in [6, 6.07) is 12.3. The predicted octanol–water partition coefficient (Wildman–Crippen LogP) is 5.42. The summed E-state index contributed by atoms with van der Waals surface area (Å²) >= 11 is 15.2. The van der Waals surface area contributed by atoms with Gasteiger partial charge in [0.2, 0.25) is 0 Å². The fraction of sp³-hybridized carbons (Fsp3) is 0. The largest absolute Gasteiger partial charge is 0.456 e.